The van der Waals surface area contributed by atoms with Crippen LogP contribution in [0.25, 0.3) is 10.2 Å². The summed E-state index contributed by atoms with van der Waals surface area (Å²) < 4.78 is 10.5. The van der Waals surface area contributed by atoms with E-state index < -0.39 is 6.10 Å². The van der Waals surface area contributed by atoms with Crippen LogP contribution >= 0.6 is 11.3 Å². The number of hydrogen-bond donors (Lipinski definition) is 2. The molecular formula is C19H23N3O4S. The first-order valence-electron chi connectivity index (χ1n) is 9.09. The van der Waals surface area contributed by atoms with Crippen LogP contribution in [0.1, 0.15) is 28.4 Å². The van der Waals surface area contributed by atoms with Crippen molar-refractivity contribution in [3.05, 3.63) is 50.8 Å². The number of aromatic amines is 1. The van der Waals surface area contributed by atoms with Crippen LogP contribution in [-0.2, 0) is 30.7 Å². The van der Waals surface area contributed by atoms with Gasteiger partial charge in [0.15, 0.2) is 0 Å². The van der Waals surface area contributed by atoms with Gasteiger partial charge >= 0.3 is 0 Å². The summed E-state index contributed by atoms with van der Waals surface area (Å²) in [6.45, 7) is 1.55. The Labute approximate surface area is 160 Å². The number of thiophene rings is 1. The van der Waals surface area contributed by atoms with Crippen molar-refractivity contribution < 1.29 is 14.3 Å². The smallest absolute Gasteiger partial charge is 0.259 e. The van der Waals surface area contributed by atoms with Gasteiger partial charge in [-0.3, -0.25) is 9.69 Å². The van der Waals surface area contributed by atoms with Crippen molar-refractivity contribution in [2.24, 2.45) is 0 Å². The number of furan rings is 1. The molecule has 0 saturated heterocycles. The van der Waals surface area contributed by atoms with Gasteiger partial charge in [-0.2, -0.15) is 0 Å². The second-order valence-corrected chi connectivity index (χ2v) is 7.99. The minimum atomic E-state index is -0.633. The molecule has 0 unspecified atom stereocenters. The highest BCUT2D eigenvalue weighted by Gasteiger charge is 2.22. The lowest BCUT2D eigenvalue weighted by Gasteiger charge is -2.23. The van der Waals surface area contributed by atoms with Crippen molar-refractivity contribution in [3.63, 3.8) is 0 Å². The molecule has 0 bridgehead atoms. The molecule has 1 aliphatic carbocycles. The molecule has 3 heterocycles. The summed E-state index contributed by atoms with van der Waals surface area (Å²) in [4.78, 5) is 24.4. The number of aliphatic hydroxyl groups is 1. The van der Waals surface area contributed by atoms with E-state index in [-0.39, 0.29) is 12.2 Å². The molecule has 0 aliphatic heterocycles. The fourth-order valence-electron chi connectivity index (χ4n) is 3.68. The van der Waals surface area contributed by atoms with Crippen LogP contribution in [0, 0.1) is 0 Å². The van der Waals surface area contributed by atoms with Gasteiger partial charge in [0.1, 0.15) is 16.4 Å². The quantitative estimate of drug-likeness (QED) is 0.613. The zero-order chi connectivity index (χ0) is 18.8. The van der Waals surface area contributed by atoms with Crippen molar-refractivity contribution in [1.82, 2.24) is 14.9 Å². The third-order valence-corrected chi connectivity index (χ3v) is 5.97. The predicted octanol–water partition coefficient (Wildman–Crippen LogP) is 2.08. The van der Waals surface area contributed by atoms with Crippen LogP contribution in [-0.4, -0.2) is 46.3 Å². The van der Waals surface area contributed by atoms with Gasteiger partial charge < -0.3 is 19.2 Å². The second-order valence-electron chi connectivity index (χ2n) is 6.91. The standard InChI is InChI=1S/C19H23N3O4S/c1-25-11-12(23)8-22(9-13-4-3-7-26-13)10-16-20-18(24)17-14-5-2-6-15(14)27-19(17)21-16/h3-4,7,12,23H,2,5-6,8-11H2,1H3,(H,20,21,24)/t12-/m1/s1. The Morgan fingerprint density at radius 3 is 3.11 bits per heavy atom. The van der Waals surface area contributed by atoms with Gasteiger partial charge in [0.05, 0.1) is 37.4 Å². The van der Waals surface area contributed by atoms with Crippen LogP contribution in [0.2, 0.25) is 0 Å². The summed E-state index contributed by atoms with van der Waals surface area (Å²) in [5, 5.41) is 10.9. The van der Waals surface area contributed by atoms with E-state index in [1.54, 1.807) is 24.7 Å². The van der Waals surface area contributed by atoms with Gasteiger partial charge in [-0.05, 0) is 37.0 Å². The van der Waals surface area contributed by atoms with Gasteiger partial charge in [-0.25, -0.2) is 4.98 Å². The van der Waals surface area contributed by atoms with Gasteiger partial charge in [0.2, 0.25) is 0 Å². The summed E-state index contributed by atoms with van der Waals surface area (Å²) in [5.41, 5.74) is 1.11. The molecule has 7 nitrogen and oxygen atoms in total. The fraction of sp³-hybridized carbons (Fsp3) is 0.474. The largest absolute Gasteiger partial charge is 0.468 e. The monoisotopic (exact) mass is 389 g/mol. The van der Waals surface area contributed by atoms with E-state index in [4.69, 9.17) is 14.1 Å². The van der Waals surface area contributed by atoms with E-state index in [2.05, 4.69) is 4.98 Å². The zero-order valence-electron chi connectivity index (χ0n) is 15.2. The molecule has 0 aromatic carbocycles. The van der Waals surface area contributed by atoms with E-state index in [0.29, 0.717) is 25.5 Å². The Morgan fingerprint density at radius 2 is 2.33 bits per heavy atom. The summed E-state index contributed by atoms with van der Waals surface area (Å²) in [6, 6.07) is 3.72. The summed E-state index contributed by atoms with van der Waals surface area (Å²) in [7, 11) is 1.56. The van der Waals surface area contributed by atoms with Crippen molar-refractivity contribution in [1.29, 1.82) is 0 Å². The van der Waals surface area contributed by atoms with Crippen LogP contribution in [0.3, 0.4) is 0 Å². The van der Waals surface area contributed by atoms with Crippen molar-refractivity contribution in [2.45, 2.75) is 38.5 Å². The Morgan fingerprint density at radius 1 is 1.44 bits per heavy atom. The first-order chi connectivity index (χ1) is 13.1. The number of methoxy groups -OCH3 is 1. The van der Waals surface area contributed by atoms with Crippen LogP contribution in [0.4, 0.5) is 0 Å². The van der Waals surface area contributed by atoms with Crippen molar-refractivity contribution in [3.8, 4) is 0 Å². The van der Waals surface area contributed by atoms with Gasteiger partial charge in [0, 0.05) is 18.5 Å². The van der Waals surface area contributed by atoms with E-state index in [1.807, 2.05) is 17.0 Å². The minimum Gasteiger partial charge on any atom is -0.468 e. The Bertz CT molecular complexity index is 963. The molecule has 27 heavy (non-hydrogen) atoms. The number of hydrogen-bond acceptors (Lipinski definition) is 7. The van der Waals surface area contributed by atoms with Gasteiger partial charge in [0.25, 0.3) is 5.56 Å². The maximum Gasteiger partial charge on any atom is 0.259 e. The number of nitrogens with one attached hydrogen (secondary N) is 1. The number of aromatic nitrogens is 2. The normalized spacial score (nSPS) is 14.9. The molecule has 0 saturated carbocycles. The summed E-state index contributed by atoms with van der Waals surface area (Å²) in [6.07, 6.45) is 4.11. The average molecular weight is 389 g/mol. The first kappa shape index (κ1) is 18.4. The van der Waals surface area contributed by atoms with Crippen LogP contribution < -0.4 is 5.56 Å². The number of fused-ring (bicyclic) bond motifs is 3. The highest BCUT2D eigenvalue weighted by molar-refractivity contribution is 7.18. The molecular weight excluding hydrogens is 366 g/mol. The molecule has 0 spiro atoms. The maximum absolute atomic E-state index is 12.6. The molecule has 2 N–H and O–H groups in total. The molecule has 0 amide bonds. The minimum absolute atomic E-state index is 0.0650. The number of aliphatic hydroxyl groups excluding tert-OH is 1. The Balaban J connectivity index is 1.58. The molecule has 0 fully saturated rings. The van der Waals surface area contributed by atoms with E-state index in [9.17, 15) is 9.90 Å². The fourth-order valence-corrected chi connectivity index (χ4v) is 4.97. The van der Waals surface area contributed by atoms with E-state index in [1.165, 1.54) is 10.4 Å². The van der Waals surface area contributed by atoms with Gasteiger partial charge in [-0.15, -0.1) is 11.3 Å². The van der Waals surface area contributed by atoms with Crippen LogP contribution in [0.15, 0.2) is 27.6 Å². The molecule has 3 aromatic heterocycles. The molecule has 8 heteroatoms. The number of nitrogens with zero attached hydrogens (tertiary/aromatic N) is 2. The zero-order valence-corrected chi connectivity index (χ0v) is 16.1. The molecule has 0 radical (unpaired) electrons. The van der Waals surface area contributed by atoms with E-state index in [0.717, 1.165) is 35.2 Å². The van der Waals surface area contributed by atoms with Crippen LogP contribution in [0.5, 0.6) is 0 Å². The molecule has 1 atom stereocenters. The lowest BCUT2D eigenvalue weighted by atomic mass is 10.2. The Hall–Kier alpha value is -2.00. The lowest BCUT2D eigenvalue weighted by Crippen LogP contribution is -2.35. The molecule has 4 rings (SSSR count). The highest BCUT2D eigenvalue weighted by atomic mass is 32.1. The third kappa shape index (κ3) is 3.98. The SMILES string of the molecule is COC[C@H](O)CN(Cc1nc2sc3c(c2c(=O)[nH]1)CCC3)Cc1ccco1. The van der Waals surface area contributed by atoms with Crippen molar-refractivity contribution in [2.75, 3.05) is 20.3 Å². The van der Waals surface area contributed by atoms with Gasteiger partial charge in [-0.1, -0.05) is 0 Å². The summed E-state index contributed by atoms with van der Waals surface area (Å²) in [5.74, 6) is 1.39. The summed E-state index contributed by atoms with van der Waals surface area (Å²) >= 11 is 1.63. The molecule has 144 valence electrons. The Kier molecular flexibility index (Phi) is 5.40. The number of rotatable bonds is 8. The van der Waals surface area contributed by atoms with E-state index >= 15 is 0 Å². The molecule has 1 aliphatic rings. The number of ether oxygens (including phenoxy) is 1. The third-order valence-electron chi connectivity index (χ3n) is 4.79. The predicted molar refractivity (Wildman–Crippen MR) is 103 cm³/mol. The molecule has 3 aromatic rings. The van der Waals surface area contributed by atoms with Crippen molar-refractivity contribution >= 4 is 21.6 Å². The number of aryl methyl sites for hydroxylation is 2. The highest BCUT2D eigenvalue weighted by Crippen LogP contribution is 2.34. The topological polar surface area (TPSA) is 91.6 Å². The second kappa shape index (κ2) is 7.93. The lowest BCUT2D eigenvalue weighted by molar-refractivity contribution is 0.0317. The number of H-pyrrole nitrogens is 1. The maximum atomic E-state index is 12.6. The average Bonchev–Trinajstić information content (AvgIpc) is 3.31. The first-order valence-corrected chi connectivity index (χ1v) is 9.91.